The summed E-state index contributed by atoms with van der Waals surface area (Å²) in [6, 6.07) is 0. The lowest BCUT2D eigenvalue weighted by Crippen LogP contribution is -2.40. The maximum absolute atomic E-state index is 12.6. The van der Waals surface area contributed by atoms with Crippen molar-refractivity contribution in [2.75, 3.05) is 26.2 Å². The van der Waals surface area contributed by atoms with E-state index in [9.17, 15) is 14.4 Å². The molecule has 2 saturated heterocycles. The average molecular weight is 474 g/mol. The van der Waals surface area contributed by atoms with Crippen LogP contribution >= 0.6 is 0 Å². The molecule has 0 radical (unpaired) electrons. The van der Waals surface area contributed by atoms with E-state index in [0.717, 1.165) is 18.4 Å². The van der Waals surface area contributed by atoms with Gasteiger partial charge in [-0.15, -0.1) is 0 Å². The van der Waals surface area contributed by atoms with E-state index in [-0.39, 0.29) is 30.8 Å². The molecule has 1 N–H and O–H groups in total. The molecule has 184 valence electrons. The zero-order valence-electron chi connectivity index (χ0n) is 19.7. The van der Waals surface area contributed by atoms with E-state index in [1.165, 1.54) is 17.4 Å². The molecular weight excluding hydrogens is 442 g/mol. The van der Waals surface area contributed by atoms with Crippen LogP contribution in [0.4, 0.5) is 9.59 Å². The number of carbonyl (C=O) groups is 3. The van der Waals surface area contributed by atoms with Crippen molar-refractivity contribution in [3.05, 3.63) is 48.0 Å². The number of ether oxygens (including phenoxy) is 4. The Hall–Kier alpha value is -3.43. The van der Waals surface area contributed by atoms with Gasteiger partial charge in [0.1, 0.15) is 18.0 Å². The fourth-order valence-electron chi connectivity index (χ4n) is 4.02. The van der Waals surface area contributed by atoms with Crippen molar-refractivity contribution in [2.24, 2.45) is 5.92 Å². The minimum absolute atomic E-state index is 0.163. The maximum atomic E-state index is 12.6. The SMILES string of the molecule is CC(C)(C)OC(=O)N1CC[C@H](C(=O)NC[C@@H]2CN(C3=COC=C(C4=CC=CCC4)O3)C(=O)O2)C1. The van der Waals surface area contributed by atoms with Crippen LogP contribution < -0.4 is 5.32 Å². The summed E-state index contributed by atoms with van der Waals surface area (Å²) in [4.78, 5) is 40.1. The van der Waals surface area contributed by atoms with Crippen LogP contribution in [-0.2, 0) is 23.7 Å². The van der Waals surface area contributed by atoms with E-state index in [2.05, 4.69) is 11.4 Å². The van der Waals surface area contributed by atoms with Crippen molar-refractivity contribution in [3.8, 4) is 0 Å². The van der Waals surface area contributed by atoms with Crippen LogP contribution in [0.1, 0.15) is 40.0 Å². The first-order valence-corrected chi connectivity index (χ1v) is 11.5. The Labute approximate surface area is 198 Å². The van der Waals surface area contributed by atoms with Gasteiger partial charge in [0.2, 0.25) is 11.8 Å². The Bertz CT molecular complexity index is 960. The molecule has 2 atom stereocenters. The topological polar surface area (TPSA) is 107 Å². The van der Waals surface area contributed by atoms with Gasteiger partial charge in [-0.05, 0) is 45.6 Å². The van der Waals surface area contributed by atoms with Crippen molar-refractivity contribution >= 4 is 18.1 Å². The number of nitrogens with one attached hydrogen (secondary N) is 1. The summed E-state index contributed by atoms with van der Waals surface area (Å²) in [6.07, 6.45) is 9.63. The summed E-state index contributed by atoms with van der Waals surface area (Å²) in [5.41, 5.74) is 0.403. The summed E-state index contributed by atoms with van der Waals surface area (Å²) in [5, 5.41) is 2.84. The van der Waals surface area contributed by atoms with Gasteiger partial charge in [-0.25, -0.2) is 14.5 Å². The van der Waals surface area contributed by atoms with Crippen LogP contribution in [0.2, 0.25) is 0 Å². The van der Waals surface area contributed by atoms with Crippen LogP contribution in [0.3, 0.4) is 0 Å². The number of cyclic esters (lactones) is 1. The molecule has 34 heavy (non-hydrogen) atoms. The first-order chi connectivity index (χ1) is 16.2. The van der Waals surface area contributed by atoms with E-state index < -0.39 is 23.9 Å². The zero-order chi connectivity index (χ0) is 24.3. The lowest BCUT2D eigenvalue weighted by Gasteiger charge is -2.24. The number of carbonyl (C=O) groups excluding carboxylic acids is 3. The molecule has 3 heterocycles. The van der Waals surface area contributed by atoms with Crippen LogP contribution in [-0.4, -0.2) is 65.8 Å². The molecule has 10 heteroatoms. The van der Waals surface area contributed by atoms with E-state index in [1.54, 1.807) is 25.7 Å². The second-order valence-electron chi connectivity index (χ2n) is 9.61. The van der Waals surface area contributed by atoms with Gasteiger partial charge < -0.3 is 29.2 Å². The highest BCUT2D eigenvalue weighted by Gasteiger charge is 2.38. The molecule has 1 aliphatic carbocycles. The first kappa shape index (κ1) is 23.7. The molecule has 3 aliphatic heterocycles. The van der Waals surface area contributed by atoms with E-state index in [4.69, 9.17) is 18.9 Å². The number of allylic oxidation sites excluding steroid dienone is 4. The monoisotopic (exact) mass is 473 g/mol. The molecule has 0 spiro atoms. The highest BCUT2D eigenvalue weighted by Crippen LogP contribution is 2.29. The van der Waals surface area contributed by atoms with Crippen LogP contribution in [0.5, 0.6) is 0 Å². The first-order valence-electron chi connectivity index (χ1n) is 11.5. The molecule has 4 rings (SSSR count). The largest absolute Gasteiger partial charge is 0.463 e. The smallest absolute Gasteiger partial charge is 0.417 e. The Balaban J connectivity index is 1.24. The maximum Gasteiger partial charge on any atom is 0.417 e. The fourth-order valence-corrected chi connectivity index (χ4v) is 4.02. The Morgan fingerprint density at radius 1 is 1.24 bits per heavy atom. The molecule has 2 fully saturated rings. The third-order valence-corrected chi connectivity index (χ3v) is 5.74. The van der Waals surface area contributed by atoms with Gasteiger partial charge in [0, 0.05) is 13.1 Å². The Morgan fingerprint density at radius 2 is 2.06 bits per heavy atom. The molecule has 0 aromatic heterocycles. The van der Waals surface area contributed by atoms with Crippen molar-refractivity contribution in [1.29, 1.82) is 0 Å². The van der Waals surface area contributed by atoms with E-state index >= 15 is 0 Å². The van der Waals surface area contributed by atoms with Gasteiger partial charge in [0.15, 0.2) is 12.0 Å². The molecule has 3 amide bonds. The van der Waals surface area contributed by atoms with Gasteiger partial charge in [-0.3, -0.25) is 4.79 Å². The number of hydrogen-bond donors (Lipinski definition) is 1. The summed E-state index contributed by atoms with van der Waals surface area (Å²) in [5.74, 6) is 0.293. The molecular formula is C24H31N3O7. The van der Waals surface area contributed by atoms with Gasteiger partial charge in [-0.1, -0.05) is 18.2 Å². The summed E-state index contributed by atoms with van der Waals surface area (Å²) in [7, 11) is 0. The molecule has 0 aromatic carbocycles. The predicted molar refractivity (Wildman–Crippen MR) is 121 cm³/mol. The molecule has 10 nitrogen and oxygen atoms in total. The van der Waals surface area contributed by atoms with Crippen molar-refractivity contribution < 1.29 is 33.3 Å². The second-order valence-corrected chi connectivity index (χ2v) is 9.61. The minimum Gasteiger partial charge on any atom is -0.463 e. The van der Waals surface area contributed by atoms with Crippen LogP contribution in [0.25, 0.3) is 0 Å². The summed E-state index contributed by atoms with van der Waals surface area (Å²) >= 11 is 0. The number of likely N-dealkylation sites (tertiary alicyclic amines) is 1. The molecule has 0 unspecified atom stereocenters. The van der Waals surface area contributed by atoms with E-state index in [0.29, 0.717) is 25.3 Å². The van der Waals surface area contributed by atoms with Gasteiger partial charge in [0.05, 0.1) is 19.0 Å². The summed E-state index contributed by atoms with van der Waals surface area (Å²) in [6.45, 7) is 6.56. The number of rotatable bonds is 5. The molecule has 4 aliphatic rings. The third-order valence-electron chi connectivity index (χ3n) is 5.74. The Morgan fingerprint density at radius 3 is 2.79 bits per heavy atom. The van der Waals surface area contributed by atoms with Crippen molar-refractivity contribution in [1.82, 2.24) is 15.1 Å². The number of amides is 3. The predicted octanol–water partition coefficient (Wildman–Crippen LogP) is 3.14. The van der Waals surface area contributed by atoms with E-state index in [1.807, 2.05) is 12.2 Å². The fraction of sp³-hybridized carbons (Fsp3) is 0.542. The van der Waals surface area contributed by atoms with Gasteiger partial charge in [-0.2, -0.15) is 0 Å². The number of nitrogens with zero attached hydrogens (tertiary/aromatic N) is 2. The standard InChI is InChI=1S/C24H31N3O7/c1-24(2,3)34-22(29)26-10-9-17(12-26)21(28)25-11-18-13-27(23(30)32-18)20-15-31-14-19(33-20)16-7-5-4-6-8-16/h4-5,7,14-15,17-18H,6,8-13H2,1-3H3,(H,25,28)/t17-,18+/m0/s1. The molecule has 0 bridgehead atoms. The van der Waals surface area contributed by atoms with Crippen LogP contribution in [0, 0.1) is 5.92 Å². The van der Waals surface area contributed by atoms with Crippen molar-refractivity contribution in [3.63, 3.8) is 0 Å². The highest BCUT2D eigenvalue weighted by molar-refractivity contribution is 5.80. The third kappa shape index (κ3) is 5.73. The molecule has 0 saturated carbocycles. The van der Waals surface area contributed by atoms with Gasteiger partial charge in [0.25, 0.3) is 0 Å². The average Bonchev–Trinajstić information content (AvgIpc) is 3.44. The zero-order valence-corrected chi connectivity index (χ0v) is 19.7. The van der Waals surface area contributed by atoms with Gasteiger partial charge >= 0.3 is 12.2 Å². The van der Waals surface area contributed by atoms with Crippen molar-refractivity contribution in [2.45, 2.75) is 51.7 Å². The highest BCUT2D eigenvalue weighted by atomic mass is 16.6. The Kier molecular flexibility index (Phi) is 6.85. The van der Waals surface area contributed by atoms with Crippen LogP contribution in [0.15, 0.2) is 48.0 Å². The number of hydrogen-bond acceptors (Lipinski definition) is 7. The lowest BCUT2D eigenvalue weighted by molar-refractivity contribution is -0.124. The second kappa shape index (κ2) is 9.82. The molecule has 0 aromatic rings. The quantitative estimate of drug-likeness (QED) is 0.654. The normalized spacial score (nSPS) is 24.4. The minimum atomic E-state index is -0.584. The lowest BCUT2D eigenvalue weighted by atomic mass is 10.0. The summed E-state index contributed by atoms with van der Waals surface area (Å²) < 4.78 is 22.1.